The van der Waals surface area contributed by atoms with Gasteiger partial charge in [0.05, 0.1) is 11.1 Å². The predicted octanol–water partition coefficient (Wildman–Crippen LogP) is 1.55. The number of nitrogens with zero attached hydrogens (tertiary/aromatic N) is 3. The third kappa shape index (κ3) is 2.69. The minimum absolute atomic E-state index is 0.305. The van der Waals surface area contributed by atoms with E-state index in [1.807, 2.05) is 14.0 Å². The van der Waals surface area contributed by atoms with Gasteiger partial charge in [-0.1, -0.05) is 18.2 Å². The molecular weight excluding hydrogens is 262 g/mol. The van der Waals surface area contributed by atoms with Crippen LogP contribution in [0.5, 0.6) is 0 Å². The Morgan fingerprint density at radius 3 is 2.42 bits per heavy atom. The molecule has 0 amide bonds. The van der Waals surface area contributed by atoms with Gasteiger partial charge in [0.15, 0.2) is 0 Å². The van der Waals surface area contributed by atoms with Gasteiger partial charge in [-0.05, 0) is 19.1 Å². The molecule has 0 unspecified atom stereocenters. The van der Waals surface area contributed by atoms with Gasteiger partial charge < -0.3 is 0 Å². The van der Waals surface area contributed by atoms with Crippen molar-refractivity contribution in [2.24, 2.45) is 7.05 Å². The molecule has 0 bridgehead atoms. The second kappa shape index (κ2) is 5.14. The molecule has 0 aliphatic heterocycles. The smallest absolute Gasteiger partial charge is 0.243 e. The molecule has 0 fully saturated rings. The molecule has 2 aromatic rings. The average Bonchev–Trinajstić information content (AvgIpc) is 2.71. The first-order chi connectivity index (χ1) is 8.93. The van der Waals surface area contributed by atoms with E-state index in [0.717, 1.165) is 11.3 Å². The third-order valence-corrected chi connectivity index (χ3v) is 5.00. The lowest BCUT2D eigenvalue weighted by Crippen LogP contribution is -2.26. The van der Waals surface area contributed by atoms with Gasteiger partial charge in [0.25, 0.3) is 0 Å². The van der Waals surface area contributed by atoms with E-state index in [1.165, 1.54) is 4.31 Å². The lowest BCUT2D eigenvalue weighted by Gasteiger charge is -2.16. The number of benzene rings is 1. The van der Waals surface area contributed by atoms with Gasteiger partial charge in [-0.3, -0.25) is 4.68 Å². The van der Waals surface area contributed by atoms with Crippen molar-refractivity contribution in [1.29, 1.82) is 0 Å². The number of aromatic nitrogens is 2. The quantitative estimate of drug-likeness (QED) is 0.853. The highest BCUT2D eigenvalue weighted by Crippen LogP contribution is 2.17. The number of rotatable bonds is 4. The molecular formula is C13H17N3O2S. The summed E-state index contributed by atoms with van der Waals surface area (Å²) in [7, 11) is -0.0324. The van der Waals surface area contributed by atoms with E-state index in [2.05, 4.69) is 5.10 Å². The fraction of sp³-hybridized carbons (Fsp3) is 0.308. The van der Waals surface area contributed by atoms with Gasteiger partial charge in [0.2, 0.25) is 10.0 Å². The zero-order valence-corrected chi connectivity index (χ0v) is 12.1. The normalized spacial score (nSPS) is 12.0. The van der Waals surface area contributed by atoms with Crippen LogP contribution >= 0.6 is 0 Å². The molecule has 0 spiro atoms. The monoisotopic (exact) mass is 279 g/mol. The van der Waals surface area contributed by atoms with E-state index >= 15 is 0 Å². The maximum absolute atomic E-state index is 12.4. The molecule has 0 saturated carbocycles. The van der Waals surface area contributed by atoms with Crippen LogP contribution in [0.3, 0.4) is 0 Å². The SMILES string of the molecule is Cc1c(CN(C)S(=O)(=O)c2ccccc2)cnn1C. The van der Waals surface area contributed by atoms with E-state index in [9.17, 15) is 8.42 Å². The summed E-state index contributed by atoms with van der Waals surface area (Å²) in [6.45, 7) is 2.24. The number of sulfonamides is 1. The van der Waals surface area contributed by atoms with Crippen LogP contribution in [0.2, 0.25) is 0 Å². The summed E-state index contributed by atoms with van der Waals surface area (Å²) in [5.74, 6) is 0. The summed E-state index contributed by atoms with van der Waals surface area (Å²) in [6, 6.07) is 8.43. The first-order valence-electron chi connectivity index (χ1n) is 5.92. The molecule has 102 valence electrons. The summed E-state index contributed by atoms with van der Waals surface area (Å²) in [4.78, 5) is 0.305. The van der Waals surface area contributed by atoms with E-state index in [1.54, 1.807) is 48.3 Å². The second-order valence-corrected chi connectivity index (χ2v) is 6.50. The van der Waals surface area contributed by atoms with Crippen LogP contribution in [0.25, 0.3) is 0 Å². The van der Waals surface area contributed by atoms with Gasteiger partial charge in [-0.2, -0.15) is 9.40 Å². The summed E-state index contributed by atoms with van der Waals surface area (Å²) in [6.07, 6.45) is 1.70. The maximum atomic E-state index is 12.4. The maximum Gasteiger partial charge on any atom is 0.243 e. The molecule has 1 aromatic carbocycles. The molecule has 0 aliphatic carbocycles. The van der Waals surface area contributed by atoms with E-state index < -0.39 is 10.0 Å². The molecule has 0 saturated heterocycles. The van der Waals surface area contributed by atoms with Gasteiger partial charge in [0, 0.05) is 31.9 Å². The Kier molecular flexibility index (Phi) is 3.73. The minimum Gasteiger partial charge on any atom is -0.273 e. The number of hydrogen-bond acceptors (Lipinski definition) is 3. The van der Waals surface area contributed by atoms with Crippen LogP contribution < -0.4 is 0 Å². The molecule has 0 N–H and O–H groups in total. The van der Waals surface area contributed by atoms with Crippen LogP contribution in [0.15, 0.2) is 41.4 Å². The third-order valence-electron chi connectivity index (χ3n) is 3.18. The van der Waals surface area contributed by atoms with Crippen LogP contribution in [0, 0.1) is 6.92 Å². The van der Waals surface area contributed by atoms with E-state index in [4.69, 9.17) is 0 Å². The molecule has 1 aromatic heterocycles. The molecule has 5 nitrogen and oxygen atoms in total. The Bertz CT molecular complexity index is 662. The zero-order chi connectivity index (χ0) is 14.0. The van der Waals surface area contributed by atoms with Crippen molar-refractivity contribution < 1.29 is 8.42 Å². The fourth-order valence-corrected chi connectivity index (χ4v) is 2.97. The highest BCUT2D eigenvalue weighted by atomic mass is 32.2. The van der Waals surface area contributed by atoms with Gasteiger partial charge in [-0.15, -0.1) is 0 Å². The lowest BCUT2D eigenvalue weighted by atomic mass is 10.3. The number of hydrogen-bond donors (Lipinski definition) is 0. The standard InChI is InChI=1S/C13H17N3O2S/c1-11-12(9-14-16(11)3)10-15(2)19(17,18)13-7-5-4-6-8-13/h4-9H,10H2,1-3H3. The van der Waals surface area contributed by atoms with Crippen molar-refractivity contribution in [3.05, 3.63) is 47.8 Å². The molecule has 6 heteroatoms. The van der Waals surface area contributed by atoms with Gasteiger partial charge >= 0.3 is 0 Å². The first kappa shape index (κ1) is 13.8. The summed E-state index contributed by atoms with van der Waals surface area (Å²) in [5.41, 5.74) is 1.87. The largest absolute Gasteiger partial charge is 0.273 e. The molecule has 2 rings (SSSR count). The molecule has 0 aliphatic rings. The zero-order valence-electron chi connectivity index (χ0n) is 11.2. The molecule has 1 heterocycles. The summed E-state index contributed by atoms with van der Waals surface area (Å²) >= 11 is 0. The Morgan fingerprint density at radius 2 is 1.89 bits per heavy atom. The average molecular weight is 279 g/mol. The van der Waals surface area contributed by atoms with Crippen molar-refractivity contribution in [2.75, 3.05) is 7.05 Å². The van der Waals surface area contributed by atoms with Crippen LogP contribution in [0.1, 0.15) is 11.3 Å². The van der Waals surface area contributed by atoms with Crippen LogP contribution in [-0.4, -0.2) is 29.6 Å². The highest BCUT2D eigenvalue weighted by Gasteiger charge is 2.21. The Hall–Kier alpha value is -1.66. The minimum atomic E-state index is -3.45. The van der Waals surface area contributed by atoms with Crippen LogP contribution in [0.4, 0.5) is 0 Å². The molecule has 0 radical (unpaired) electrons. The van der Waals surface area contributed by atoms with Gasteiger partial charge in [0.1, 0.15) is 0 Å². The Morgan fingerprint density at radius 1 is 1.26 bits per heavy atom. The Labute approximate surface area is 113 Å². The van der Waals surface area contributed by atoms with E-state index in [-0.39, 0.29) is 0 Å². The second-order valence-electron chi connectivity index (χ2n) is 4.45. The van der Waals surface area contributed by atoms with Crippen molar-refractivity contribution in [3.63, 3.8) is 0 Å². The predicted molar refractivity (Wildman–Crippen MR) is 73.0 cm³/mol. The van der Waals surface area contributed by atoms with Crippen molar-refractivity contribution in [1.82, 2.24) is 14.1 Å². The van der Waals surface area contributed by atoms with Crippen molar-refractivity contribution in [2.45, 2.75) is 18.4 Å². The first-order valence-corrected chi connectivity index (χ1v) is 7.36. The molecule has 19 heavy (non-hydrogen) atoms. The topological polar surface area (TPSA) is 55.2 Å². The van der Waals surface area contributed by atoms with Crippen molar-refractivity contribution >= 4 is 10.0 Å². The van der Waals surface area contributed by atoms with Gasteiger partial charge in [-0.25, -0.2) is 8.42 Å². The number of aryl methyl sites for hydroxylation is 1. The van der Waals surface area contributed by atoms with Crippen molar-refractivity contribution in [3.8, 4) is 0 Å². The van der Waals surface area contributed by atoms with Crippen LogP contribution in [-0.2, 0) is 23.6 Å². The molecule has 0 atom stereocenters. The highest BCUT2D eigenvalue weighted by molar-refractivity contribution is 7.89. The van der Waals surface area contributed by atoms with E-state index in [0.29, 0.717) is 11.4 Å². The summed E-state index contributed by atoms with van der Waals surface area (Å²) in [5, 5.41) is 4.12. The lowest BCUT2D eigenvalue weighted by molar-refractivity contribution is 0.465. The fourth-order valence-electron chi connectivity index (χ4n) is 1.80. The summed E-state index contributed by atoms with van der Waals surface area (Å²) < 4.78 is 27.8. The Balaban J connectivity index is 2.25.